The lowest BCUT2D eigenvalue weighted by molar-refractivity contribution is -0.166. The second kappa shape index (κ2) is 16.1. The Morgan fingerprint density at radius 1 is 0.805 bits per heavy atom. The van der Waals surface area contributed by atoms with E-state index in [0.717, 1.165) is 56.1 Å². The van der Waals surface area contributed by atoms with Gasteiger partial charge >= 0.3 is 5.97 Å². The van der Waals surface area contributed by atoms with E-state index in [1.807, 2.05) is 12.1 Å². The highest BCUT2D eigenvalue weighted by Gasteiger charge is 2.34. The van der Waals surface area contributed by atoms with E-state index in [-0.39, 0.29) is 6.61 Å². The number of aliphatic hydroxyl groups excluding tert-OH is 1. The van der Waals surface area contributed by atoms with Crippen LogP contribution in [0.15, 0.2) is 54.6 Å². The van der Waals surface area contributed by atoms with Crippen molar-refractivity contribution < 1.29 is 29.3 Å². The van der Waals surface area contributed by atoms with Gasteiger partial charge in [-0.1, -0.05) is 55.3 Å². The molecule has 3 rings (SSSR count). The molecule has 0 bridgehead atoms. The van der Waals surface area contributed by atoms with Crippen molar-refractivity contribution in [3.05, 3.63) is 76.9 Å². The fraction of sp³-hybridized carbons (Fsp3) is 0.471. The Morgan fingerprint density at radius 2 is 1.44 bits per heavy atom. The van der Waals surface area contributed by atoms with Crippen LogP contribution in [0.5, 0.6) is 5.75 Å². The second-order valence-electron chi connectivity index (χ2n) is 10.9. The quantitative estimate of drug-likeness (QED) is 0.199. The van der Waals surface area contributed by atoms with E-state index in [9.17, 15) is 19.8 Å². The zero-order valence-corrected chi connectivity index (χ0v) is 24.9. The van der Waals surface area contributed by atoms with Crippen molar-refractivity contribution in [2.75, 3.05) is 27.3 Å². The Morgan fingerprint density at radius 3 is 2.12 bits per heavy atom. The lowest BCUT2D eigenvalue weighted by Gasteiger charge is -2.25. The molecule has 0 aliphatic heterocycles. The molecule has 0 aliphatic carbocycles. The van der Waals surface area contributed by atoms with Crippen LogP contribution in [0, 0.1) is 13.8 Å². The molecule has 0 spiro atoms. The predicted molar refractivity (Wildman–Crippen MR) is 163 cm³/mol. The molecule has 3 aromatic rings. The van der Waals surface area contributed by atoms with Crippen molar-refractivity contribution >= 4 is 22.6 Å². The Labute approximate surface area is 244 Å². The number of nitrogens with zero attached hydrogens (tertiary/aromatic N) is 1. The average molecular weight is 564 g/mol. The molecule has 1 amide bonds. The highest BCUT2D eigenvalue weighted by Crippen LogP contribution is 2.23. The van der Waals surface area contributed by atoms with Crippen molar-refractivity contribution in [1.29, 1.82) is 0 Å². The standard InChI is InChI=1S/C34H45NO6/c1-24-13-14-26(21-25(24)2)11-8-6-10-20-41-32(31(36)34(38)39)33(37)35(3)19-9-5-7-12-27-15-16-29-23-30(40-4)18-17-28(29)22-27/h13-18,21-23,31-32,36H,5-12,19-20H2,1-4H3,(H,38,39)/t31-,32-/m1/s1. The van der Waals surface area contributed by atoms with Crippen LogP contribution in [0.25, 0.3) is 10.8 Å². The summed E-state index contributed by atoms with van der Waals surface area (Å²) in [6.45, 7) is 4.90. The van der Waals surface area contributed by atoms with Gasteiger partial charge < -0.3 is 24.6 Å². The summed E-state index contributed by atoms with van der Waals surface area (Å²) in [6.07, 6.45) is 3.82. The SMILES string of the molecule is COc1ccc2cc(CCCCCN(C)C(=O)[C@H](OCCCCCc3ccc(C)c(C)c3)[C@@H](O)C(=O)O)ccc2c1. The molecule has 222 valence electrons. The molecule has 0 heterocycles. The van der Waals surface area contributed by atoms with E-state index >= 15 is 0 Å². The molecule has 2 N–H and O–H groups in total. The largest absolute Gasteiger partial charge is 0.497 e. The highest BCUT2D eigenvalue weighted by molar-refractivity contribution is 5.88. The third-order valence-corrected chi connectivity index (χ3v) is 7.71. The normalized spacial score (nSPS) is 12.7. The van der Waals surface area contributed by atoms with Gasteiger partial charge in [0.2, 0.25) is 0 Å². The van der Waals surface area contributed by atoms with Crippen LogP contribution in [0.1, 0.15) is 60.8 Å². The number of methoxy groups -OCH3 is 1. The lowest BCUT2D eigenvalue weighted by Crippen LogP contribution is -2.48. The van der Waals surface area contributed by atoms with Crippen LogP contribution in [0.4, 0.5) is 0 Å². The number of aliphatic carboxylic acids is 1. The number of unbranched alkanes of at least 4 members (excludes halogenated alkanes) is 4. The number of fused-ring (bicyclic) bond motifs is 1. The van der Waals surface area contributed by atoms with Gasteiger partial charge in [0.05, 0.1) is 7.11 Å². The van der Waals surface area contributed by atoms with Crippen LogP contribution in [-0.2, 0) is 27.2 Å². The minimum absolute atomic E-state index is 0.222. The van der Waals surface area contributed by atoms with E-state index in [2.05, 4.69) is 56.3 Å². The van der Waals surface area contributed by atoms with Crippen LogP contribution in [0.3, 0.4) is 0 Å². The number of benzene rings is 3. The molecule has 0 saturated carbocycles. The Balaban J connectivity index is 1.38. The zero-order valence-electron chi connectivity index (χ0n) is 24.9. The number of aryl methyl sites for hydroxylation is 4. The van der Waals surface area contributed by atoms with Gasteiger partial charge in [-0.15, -0.1) is 0 Å². The number of hydrogen-bond donors (Lipinski definition) is 2. The summed E-state index contributed by atoms with van der Waals surface area (Å²) in [6, 6.07) is 19.0. The first kappa shape index (κ1) is 32.1. The maximum absolute atomic E-state index is 13.0. The van der Waals surface area contributed by atoms with Crippen LogP contribution >= 0.6 is 0 Å². The van der Waals surface area contributed by atoms with Gasteiger partial charge in [-0.3, -0.25) is 4.79 Å². The topological polar surface area (TPSA) is 96.3 Å². The molecule has 0 radical (unpaired) electrons. The molecule has 0 fully saturated rings. The number of carbonyl (C=O) groups excluding carboxylic acids is 1. The Hall–Kier alpha value is -3.42. The lowest BCUT2D eigenvalue weighted by atomic mass is 10.0. The Bertz CT molecular complexity index is 1290. The molecular weight excluding hydrogens is 518 g/mol. The summed E-state index contributed by atoms with van der Waals surface area (Å²) >= 11 is 0. The molecule has 7 heteroatoms. The molecule has 0 aliphatic rings. The van der Waals surface area contributed by atoms with Crippen molar-refractivity contribution in [3.8, 4) is 5.75 Å². The number of hydrogen-bond acceptors (Lipinski definition) is 5. The van der Waals surface area contributed by atoms with Crippen LogP contribution < -0.4 is 4.74 Å². The summed E-state index contributed by atoms with van der Waals surface area (Å²) < 4.78 is 10.9. The number of carboxylic acids is 1. The monoisotopic (exact) mass is 563 g/mol. The molecule has 41 heavy (non-hydrogen) atoms. The molecule has 2 atom stereocenters. The highest BCUT2D eigenvalue weighted by atomic mass is 16.5. The van der Waals surface area contributed by atoms with Gasteiger partial charge in [-0.05, 0) is 97.5 Å². The van der Waals surface area contributed by atoms with Crippen molar-refractivity contribution in [2.45, 2.75) is 77.4 Å². The second-order valence-corrected chi connectivity index (χ2v) is 10.9. The summed E-state index contributed by atoms with van der Waals surface area (Å²) in [5, 5.41) is 21.8. The minimum Gasteiger partial charge on any atom is -0.497 e. The Kier molecular flexibility index (Phi) is 12.6. The molecular formula is C34H45NO6. The summed E-state index contributed by atoms with van der Waals surface area (Å²) in [7, 11) is 3.30. The fourth-order valence-electron chi connectivity index (χ4n) is 4.94. The van der Waals surface area contributed by atoms with E-state index in [1.165, 1.54) is 32.5 Å². The van der Waals surface area contributed by atoms with Gasteiger partial charge in [0, 0.05) is 20.2 Å². The smallest absolute Gasteiger partial charge is 0.335 e. The fourth-order valence-corrected chi connectivity index (χ4v) is 4.94. The molecule has 0 unspecified atom stereocenters. The first-order chi connectivity index (χ1) is 19.7. The van der Waals surface area contributed by atoms with Gasteiger partial charge in [0.1, 0.15) is 5.75 Å². The van der Waals surface area contributed by atoms with E-state index < -0.39 is 24.1 Å². The first-order valence-corrected chi connectivity index (χ1v) is 14.6. The van der Waals surface area contributed by atoms with Crippen molar-refractivity contribution in [2.24, 2.45) is 0 Å². The maximum Gasteiger partial charge on any atom is 0.335 e. The number of rotatable bonds is 17. The van der Waals surface area contributed by atoms with Gasteiger partial charge in [0.25, 0.3) is 5.91 Å². The third kappa shape index (κ3) is 9.87. The zero-order chi connectivity index (χ0) is 29.8. The number of aliphatic hydroxyl groups is 1. The van der Waals surface area contributed by atoms with E-state index in [0.29, 0.717) is 13.0 Å². The first-order valence-electron chi connectivity index (χ1n) is 14.6. The summed E-state index contributed by atoms with van der Waals surface area (Å²) in [5.74, 6) is -1.11. The third-order valence-electron chi connectivity index (χ3n) is 7.71. The summed E-state index contributed by atoms with van der Waals surface area (Å²) in [4.78, 5) is 25.9. The number of carbonyl (C=O) groups is 2. The van der Waals surface area contributed by atoms with Gasteiger partial charge in [0.15, 0.2) is 12.2 Å². The molecule has 0 saturated heterocycles. The van der Waals surface area contributed by atoms with Crippen molar-refractivity contribution in [3.63, 3.8) is 0 Å². The number of carboxylic acid groups (broad SMARTS) is 1. The predicted octanol–water partition coefficient (Wildman–Crippen LogP) is 5.88. The average Bonchev–Trinajstić information content (AvgIpc) is 2.97. The molecule has 3 aromatic carbocycles. The number of amides is 1. The maximum atomic E-state index is 13.0. The molecule has 7 nitrogen and oxygen atoms in total. The molecule has 0 aromatic heterocycles. The van der Waals surface area contributed by atoms with E-state index in [1.54, 1.807) is 14.2 Å². The summed E-state index contributed by atoms with van der Waals surface area (Å²) in [5.41, 5.74) is 5.12. The number of ether oxygens (including phenoxy) is 2. The van der Waals surface area contributed by atoms with Gasteiger partial charge in [-0.2, -0.15) is 0 Å². The van der Waals surface area contributed by atoms with Crippen molar-refractivity contribution in [1.82, 2.24) is 4.90 Å². The van der Waals surface area contributed by atoms with Gasteiger partial charge in [-0.25, -0.2) is 4.79 Å². The minimum atomic E-state index is -1.90. The number of likely N-dealkylation sites (N-methyl/N-ethyl adjacent to an activating group) is 1. The van der Waals surface area contributed by atoms with Crippen LogP contribution in [-0.4, -0.2) is 66.5 Å². The van der Waals surface area contributed by atoms with E-state index in [4.69, 9.17) is 9.47 Å². The van der Waals surface area contributed by atoms with Crippen LogP contribution in [0.2, 0.25) is 0 Å².